The quantitative estimate of drug-likeness (QED) is 0.823. The number of hydrogen-bond donors (Lipinski definition) is 1. The monoisotopic (exact) mass is 344 g/mol. The first-order valence-electron chi connectivity index (χ1n) is 8.67. The Morgan fingerprint density at radius 1 is 1.36 bits per heavy atom. The summed E-state index contributed by atoms with van der Waals surface area (Å²) in [6.07, 6.45) is 3.43. The van der Waals surface area contributed by atoms with Crippen molar-refractivity contribution in [1.29, 1.82) is 0 Å². The van der Waals surface area contributed by atoms with Gasteiger partial charge in [-0.15, -0.1) is 0 Å². The lowest BCUT2D eigenvalue weighted by atomic mass is 10.1. The smallest absolute Gasteiger partial charge is 0.315 e. The van der Waals surface area contributed by atoms with Crippen LogP contribution in [0.3, 0.4) is 0 Å². The lowest BCUT2D eigenvalue weighted by Gasteiger charge is -2.32. The SMILES string of the molecule is CNC(=O)c1nc(CN2CCO[C@H](CCCc3ccccc3)C2)no1. The fourth-order valence-corrected chi connectivity index (χ4v) is 2.99. The van der Waals surface area contributed by atoms with E-state index in [-0.39, 0.29) is 17.9 Å². The fourth-order valence-electron chi connectivity index (χ4n) is 2.99. The molecular weight excluding hydrogens is 320 g/mol. The molecule has 7 nitrogen and oxygen atoms in total. The minimum absolute atomic E-state index is 0.00479. The Morgan fingerprint density at radius 3 is 3.00 bits per heavy atom. The highest BCUT2D eigenvalue weighted by molar-refractivity contribution is 5.89. The summed E-state index contributed by atoms with van der Waals surface area (Å²) < 4.78 is 10.8. The molecule has 2 aromatic rings. The van der Waals surface area contributed by atoms with E-state index in [0.717, 1.165) is 32.4 Å². The van der Waals surface area contributed by atoms with Gasteiger partial charge >= 0.3 is 11.8 Å². The average Bonchev–Trinajstić information content (AvgIpc) is 3.11. The number of morpholine rings is 1. The predicted octanol–water partition coefficient (Wildman–Crippen LogP) is 1.65. The number of hydrogen-bond acceptors (Lipinski definition) is 6. The van der Waals surface area contributed by atoms with E-state index in [0.29, 0.717) is 19.0 Å². The molecular formula is C18H24N4O3. The summed E-state index contributed by atoms with van der Waals surface area (Å²) in [6.45, 7) is 2.95. The van der Waals surface area contributed by atoms with Gasteiger partial charge in [-0.25, -0.2) is 0 Å². The number of ether oxygens (including phenoxy) is 1. The Hall–Kier alpha value is -2.25. The molecule has 25 heavy (non-hydrogen) atoms. The van der Waals surface area contributed by atoms with Gasteiger partial charge in [0.05, 0.1) is 19.3 Å². The molecule has 0 bridgehead atoms. The standard InChI is InChI=1S/C18H24N4O3/c1-19-17(23)18-20-16(21-25-18)13-22-10-11-24-15(12-22)9-5-8-14-6-3-2-4-7-14/h2-4,6-7,15H,5,8-13H2,1H3,(H,19,23)/t15-/m1/s1. The molecule has 0 spiro atoms. The molecule has 1 N–H and O–H groups in total. The highest BCUT2D eigenvalue weighted by Gasteiger charge is 2.22. The summed E-state index contributed by atoms with van der Waals surface area (Å²) in [4.78, 5) is 17.8. The zero-order valence-electron chi connectivity index (χ0n) is 14.5. The van der Waals surface area contributed by atoms with Crippen LogP contribution in [0, 0.1) is 0 Å². The van der Waals surface area contributed by atoms with Crippen LogP contribution in [0.4, 0.5) is 0 Å². The van der Waals surface area contributed by atoms with Gasteiger partial charge in [-0.2, -0.15) is 4.98 Å². The molecule has 1 aliphatic rings. The Kier molecular flexibility index (Phi) is 6.14. The van der Waals surface area contributed by atoms with Crippen LogP contribution in [-0.2, 0) is 17.7 Å². The van der Waals surface area contributed by atoms with Crippen LogP contribution in [0.5, 0.6) is 0 Å². The van der Waals surface area contributed by atoms with Crippen molar-refractivity contribution in [2.45, 2.75) is 31.9 Å². The van der Waals surface area contributed by atoms with Gasteiger partial charge < -0.3 is 14.6 Å². The van der Waals surface area contributed by atoms with Crippen molar-refractivity contribution in [3.8, 4) is 0 Å². The first kappa shape index (κ1) is 17.6. The normalized spacial score (nSPS) is 18.2. The van der Waals surface area contributed by atoms with Gasteiger partial charge in [-0.3, -0.25) is 9.69 Å². The molecule has 2 heterocycles. The molecule has 1 saturated heterocycles. The van der Waals surface area contributed by atoms with Gasteiger partial charge in [-0.05, 0) is 24.8 Å². The van der Waals surface area contributed by atoms with E-state index in [1.807, 2.05) is 6.07 Å². The molecule has 134 valence electrons. The number of carbonyl (C=O) groups excluding carboxylic acids is 1. The lowest BCUT2D eigenvalue weighted by Crippen LogP contribution is -2.42. The fraction of sp³-hybridized carbons (Fsp3) is 0.500. The molecule has 1 aromatic heterocycles. The number of amides is 1. The number of nitrogens with one attached hydrogen (secondary N) is 1. The van der Waals surface area contributed by atoms with E-state index in [9.17, 15) is 4.79 Å². The molecule has 0 radical (unpaired) electrons. The largest absolute Gasteiger partial charge is 0.376 e. The zero-order valence-corrected chi connectivity index (χ0v) is 14.5. The Labute approximate surface area is 147 Å². The lowest BCUT2D eigenvalue weighted by molar-refractivity contribution is -0.0363. The van der Waals surface area contributed by atoms with Crippen LogP contribution < -0.4 is 5.32 Å². The summed E-state index contributed by atoms with van der Waals surface area (Å²) >= 11 is 0. The van der Waals surface area contributed by atoms with Crippen LogP contribution >= 0.6 is 0 Å². The Bertz CT molecular complexity index is 674. The van der Waals surface area contributed by atoms with Crippen LogP contribution in [-0.4, -0.2) is 53.8 Å². The van der Waals surface area contributed by atoms with Gasteiger partial charge in [0.15, 0.2) is 5.82 Å². The third-order valence-corrected chi connectivity index (χ3v) is 4.31. The van der Waals surface area contributed by atoms with Gasteiger partial charge in [0, 0.05) is 20.1 Å². The van der Waals surface area contributed by atoms with Crippen molar-refractivity contribution < 1.29 is 14.1 Å². The first-order valence-corrected chi connectivity index (χ1v) is 8.67. The first-order chi connectivity index (χ1) is 12.2. The number of aromatic nitrogens is 2. The second kappa shape index (κ2) is 8.73. The minimum atomic E-state index is -0.362. The van der Waals surface area contributed by atoms with Crippen LogP contribution in [0.1, 0.15) is 34.9 Å². The average molecular weight is 344 g/mol. The van der Waals surface area contributed by atoms with Crippen molar-refractivity contribution in [3.05, 3.63) is 47.6 Å². The maximum Gasteiger partial charge on any atom is 0.315 e. The van der Waals surface area contributed by atoms with Crippen molar-refractivity contribution in [2.75, 3.05) is 26.7 Å². The Morgan fingerprint density at radius 2 is 2.20 bits per heavy atom. The number of nitrogens with zero attached hydrogens (tertiary/aromatic N) is 3. The van der Waals surface area contributed by atoms with E-state index in [2.05, 4.69) is 44.6 Å². The second-order valence-electron chi connectivity index (χ2n) is 6.20. The van der Waals surface area contributed by atoms with Gasteiger partial charge in [0.25, 0.3) is 0 Å². The predicted molar refractivity (Wildman–Crippen MR) is 92.1 cm³/mol. The maximum atomic E-state index is 11.5. The molecule has 0 aliphatic carbocycles. The van der Waals surface area contributed by atoms with E-state index in [1.165, 1.54) is 12.6 Å². The molecule has 0 saturated carbocycles. The topological polar surface area (TPSA) is 80.5 Å². The highest BCUT2D eigenvalue weighted by atomic mass is 16.5. The van der Waals surface area contributed by atoms with Crippen molar-refractivity contribution >= 4 is 5.91 Å². The molecule has 1 aromatic carbocycles. The van der Waals surface area contributed by atoms with Crippen LogP contribution in [0.25, 0.3) is 0 Å². The molecule has 1 atom stereocenters. The molecule has 1 aliphatic heterocycles. The van der Waals surface area contributed by atoms with E-state index < -0.39 is 0 Å². The number of benzene rings is 1. The van der Waals surface area contributed by atoms with Gasteiger partial charge in [0.2, 0.25) is 0 Å². The van der Waals surface area contributed by atoms with Crippen molar-refractivity contribution in [1.82, 2.24) is 20.4 Å². The van der Waals surface area contributed by atoms with Crippen molar-refractivity contribution in [3.63, 3.8) is 0 Å². The van der Waals surface area contributed by atoms with Crippen LogP contribution in [0.15, 0.2) is 34.9 Å². The molecule has 7 heteroatoms. The van der Waals surface area contributed by atoms with Gasteiger partial charge in [-0.1, -0.05) is 35.5 Å². The zero-order chi connectivity index (χ0) is 17.5. The maximum absolute atomic E-state index is 11.5. The number of carbonyl (C=O) groups is 1. The molecule has 1 amide bonds. The molecule has 0 unspecified atom stereocenters. The Balaban J connectivity index is 1.44. The minimum Gasteiger partial charge on any atom is -0.376 e. The number of rotatable bonds is 7. The van der Waals surface area contributed by atoms with Crippen LogP contribution in [0.2, 0.25) is 0 Å². The highest BCUT2D eigenvalue weighted by Crippen LogP contribution is 2.15. The molecule has 3 rings (SSSR count). The summed E-state index contributed by atoms with van der Waals surface area (Å²) in [7, 11) is 1.54. The number of aryl methyl sites for hydroxylation is 1. The second-order valence-corrected chi connectivity index (χ2v) is 6.20. The van der Waals surface area contributed by atoms with E-state index in [4.69, 9.17) is 9.26 Å². The summed E-state index contributed by atoms with van der Waals surface area (Å²) in [6, 6.07) is 10.5. The molecule has 1 fully saturated rings. The van der Waals surface area contributed by atoms with Gasteiger partial charge in [0.1, 0.15) is 0 Å². The third-order valence-electron chi connectivity index (χ3n) is 4.31. The summed E-state index contributed by atoms with van der Waals surface area (Å²) in [5.74, 6) is 0.174. The third kappa shape index (κ3) is 5.11. The summed E-state index contributed by atoms with van der Waals surface area (Å²) in [5.41, 5.74) is 1.36. The van der Waals surface area contributed by atoms with Crippen molar-refractivity contribution in [2.24, 2.45) is 0 Å². The van der Waals surface area contributed by atoms with E-state index >= 15 is 0 Å². The summed E-state index contributed by atoms with van der Waals surface area (Å²) in [5, 5.41) is 6.35. The van der Waals surface area contributed by atoms with E-state index in [1.54, 1.807) is 0 Å².